The Hall–Kier alpha value is -0.770. The van der Waals surface area contributed by atoms with Crippen molar-refractivity contribution in [3.8, 4) is 0 Å². The minimum absolute atomic E-state index is 0.452. The molecule has 0 fully saturated rings. The molecule has 0 atom stereocenters. The molecule has 0 rings (SSSR count). The van der Waals surface area contributed by atoms with Gasteiger partial charge in [0.05, 0.1) is 12.1 Å². The first kappa shape index (κ1) is 16.2. The van der Waals surface area contributed by atoms with Crippen LogP contribution in [0.15, 0.2) is 4.99 Å². The van der Waals surface area contributed by atoms with Gasteiger partial charge in [-0.1, -0.05) is 27.7 Å². The molecule has 0 aromatic heterocycles. The molecule has 4 nitrogen and oxygen atoms in total. The van der Waals surface area contributed by atoms with Crippen LogP contribution in [-0.2, 0) is 0 Å². The van der Waals surface area contributed by atoms with Crippen molar-refractivity contribution in [2.24, 2.45) is 10.9 Å². The van der Waals surface area contributed by atoms with E-state index >= 15 is 0 Å². The molecular formula is C13H29N3O. The maximum absolute atomic E-state index is 10.2. The van der Waals surface area contributed by atoms with Gasteiger partial charge in [-0.05, 0) is 25.7 Å². The smallest absolute Gasteiger partial charge is 0.191 e. The second kappa shape index (κ2) is 8.34. The predicted octanol–water partition coefficient (Wildman–Crippen LogP) is 1.75. The molecule has 3 N–H and O–H groups in total. The van der Waals surface area contributed by atoms with E-state index in [0.717, 1.165) is 31.9 Å². The van der Waals surface area contributed by atoms with E-state index in [9.17, 15) is 5.11 Å². The average Bonchev–Trinajstić information content (AvgIpc) is 2.32. The third kappa shape index (κ3) is 7.21. The summed E-state index contributed by atoms with van der Waals surface area (Å²) in [6.07, 6.45) is 1.47. The van der Waals surface area contributed by atoms with Crippen molar-refractivity contribution in [3.05, 3.63) is 0 Å². The number of aliphatic hydroxyl groups is 1. The van der Waals surface area contributed by atoms with Crippen LogP contribution in [0.5, 0.6) is 0 Å². The van der Waals surface area contributed by atoms with Crippen molar-refractivity contribution in [2.75, 3.05) is 19.6 Å². The van der Waals surface area contributed by atoms with Gasteiger partial charge in [-0.2, -0.15) is 0 Å². The molecule has 0 saturated heterocycles. The first-order chi connectivity index (χ1) is 7.97. The zero-order valence-corrected chi connectivity index (χ0v) is 12.0. The fourth-order valence-electron chi connectivity index (χ4n) is 1.34. The molecule has 102 valence electrons. The maximum Gasteiger partial charge on any atom is 0.191 e. The highest BCUT2D eigenvalue weighted by molar-refractivity contribution is 5.79. The molecule has 0 aliphatic heterocycles. The lowest BCUT2D eigenvalue weighted by Gasteiger charge is -2.23. The standard InChI is InChI=1S/C13H29N3O/c1-6-13(17,7-2)10-16-12(14-8-3)15-9-11(4)5/h11,17H,6-10H2,1-5H3,(H2,14,15,16). The van der Waals surface area contributed by atoms with Crippen LogP contribution in [0.25, 0.3) is 0 Å². The Morgan fingerprint density at radius 2 is 1.76 bits per heavy atom. The van der Waals surface area contributed by atoms with Crippen LogP contribution >= 0.6 is 0 Å². The van der Waals surface area contributed by atoms with Gasteiger partial charge >= 0.3 is 0 Å². The third-order valence-corrected chi connectivity index (χ3v) is 2.87. The Morgan fingerprint density at radius 1 is 1.18 bits per heavy atom. The molecule has 0 heterocycles. The second-order valence-corrected chi connectivity index (χ2v) is 4.90. The van der Waals surface area contributed by atoms with Crippen molar-refractivity contribution in [1.82, 2.24) is 10.6 Å². The summed E-state index contributed by atoms with van der Waals surface area (Å²) in [6, 6.07) is 0. The third-order valence-electron chi connectivity index (χ3n) is 2.87. The first-order valence-electron chi connectivity index (χ1n) is 6.72. The van der Waals surface area contributed by atoms with Gasteiger partial charge in [0.1, 0.15) is 0 Å². The lowest BCUT2D eigenvalue weighted by molar-refractivity contribution is 0.0418. The Labute approximate surface area is 106 Å². The van der Waals surface area contributed by atoms with E-state index in [1.807, 2.05) is 20.8 Å². The zero-order chi connectivity index (χ0) is 13.3. The summed E-state index contributed by atoms with van der Waals surface area (Å²) in [5.41, 5.74) is -0.666. The second-order valence-electron chi connectivity index (χ2n) is 4.90. The molecule has 17 heavy (non-hydrogen) atoms. The van der Waals surface area contributed by atoms with Crippen LogP contribution in [0.2, 0.25) is 0 Å². The largest absolute Gasteiger partial charge is 0.388 e. The summed E-state index contributed by atoms with van der Waals surface area (Å²) in [5, 5.41) is 16.6. The Kier molecular flexibility index (Phi) is 7.96. The van der Waals surface area contributed by atoms with E-state index in [4.69, 9.17) is 0 Å². The summed E-state index contributed by atoms with van der Waals surface area (Å²) in [4.78, 5) is 4.44. The molecule has 0 aromatic carbocycles. The molecule has 0 aliphatic carbocycles. The van der Waals surface area contributed by atoms with Crippen LogP contribution in [-0.4, -0.2) is 36.3 Å². The molecule has 0 spiro atoms. The van der Waals surface area contributed by atoms with Crippen molar-refractivity contribution >= 4 is 5.96 Å². The van der Waals surface area contributed by atoms with Gasteiger partial charge in [0.25, 0.3) is 0 Å². The summed E-state index contributed by atoms with van der Waals surface area (Å²) in [7, 11) is 0. The van der Waals surface area contributed by atoms with Crippen LogP contribution in [0.1, 0.15) is 47.5 Å². The van der Waals surface area contributed by atoms with Gasteiger partial charge in [0.15, 0.2) is 5.96 Å². The molecule has 4 heteroatoms. The number of nitrogens with one attached hydrogen (secondary N) is 2. The van der Waals surface area contributed by atoms with Gasteiger partial charge in [0.2, 0.25) is 0 Å². The minimum atomic E-state index is -0.666. The number of aliphatic imine (C=N–C) groups is 1. The van der Waals surface area contributed by atoms with Crippen LogP contribution < -0.4 is 10.6 Å². The van der Waals surface area contributed by atoms with Crippen molar-refractivity contribution < 1.29 is 5.11 Å². The summed E-state index contributed by atoms with van der Waals surface area (Å²) < 4.78 is 0. The van der Waals surface area contributed by atoms with E-state index in [-0.39, 0.29) is 0 Å². The van der Waals surface area contributed by atoms with E-state index in [1.54, 1.807) is 0 Å². The van der Waals surface area contributed by atoms with E-state index < -0.39 is 5.60 Å². The molecule has 0 amide bonds. The van der Waals surface area contributed by atoms with Gasteiger partial charge < -0.3 is 15.7 Å². The Balaban J connectivity index is 4.37. The molecule has 0 radical (unpaired) electrons. The highest BCUT2D eigenvalue weighted by atomic mass is 16.3. The highest BCUT2D eigenvalue weighted by Crippen LogP contribution is 2.14. The number of guanidine groups is 1. The Morgan fingerprint density at radius 3 is 2.18 bits per heavy atom. The number of hydrogen-bond acceptors (Lipinski definition) is 2. The SMILES string of the molecule is CCNC(=NCC(O)(CC)CC)NCC(C)C. The van der Waals surface area contributed by atoms with Crippen LogP contribution in [0.4, 0.5) is 0 Å². The zero-order valence-electron chi connectivity index (χ0n) is 12.0. The molecule has 0 unspecified atom stereocenters. The van der Waals surface area contributed by atoms with Gasteiger partial charge in [0, 0.05) is 13.1 Å². The molecule has 0 aromatic rings. The highest BCUT2D eigenvalue weighted by Gasteiger charge is 2.21. The van der Waals surface area contributed by atoms with Crippen LogP contribution in [0.3, 0.4) is 0 Å². The maximum atomic E-state index is 10.2. The molecular weight excluding hydrogens is 214 g/mol. The topological polar surface area (TPSA) is 56.7 Å². The van der Waals surface area contributed by atoms with Crippen LogP contribution in [0, 0.1) is 5.92 Å². The Bertz CT molecular complexity index is 223. The minimum Gasteiger partial charge on any atom is -0.388 e. The van der Waals surface area contributed by atoms with Crippen molar-refractivity contribution in [3.63, 3.8) is 0 Å². The van der Waals surface area contributed by atoms with Gasteiger partial charge in [-0.3, -0.25) is 4.99 Å². The fraction of sp³-hybridized carbons (Fsp3) is 0.923. The van der Waals surface area contributed by atoms with Gasteiger partial charge in [-0.15, -0.1) is 0 Å². The monoisotopic (exact) mass is 243 g/mol. The number of nitrogens with zero attached hydrogens (tertiary/aromatic N) is 1. The van der Waals surface area contributed by atoms with Gasteiger partial charge in [-0.25, -0.2) is 0 Å². The fourth-order valence-corrected chi connectivity index (χ4v) is 1.34. The molecule has 0 bridgehead atoms. The average molecular weight is 243 g/mol. The van der Waals surface area contributed by atoms with E-state index in [0.29, 0.717) is 12.5 Å². The summed E-state index contributed by atoms with van der Waals surface area (Å²) in [5.74, 6) is 1.37. The molecule has 0 saturated carbocycles. The first-order valence-corrected chi connectivity index (χ1v) is 6.72. The molecule has 0 aliphatic rings. The number of rotatable bonds is 7. The normalized spacial score (nSPS) is 13.0. The summed E-state index contributed by atoms with van der Waals surface area (Å²) >= 11 is 0. The van der Waals surface area contributed by atoms with E-state index in [1.165, 1.54) is 0 Å². The number of hydrogen-bond donors (Lipinski definition) is 3. The van der Waals surface area contributed by atoms with Crippen molar-refractivity contribution in [2.45, 2.75) is 53.1 Å². The quantitative estimate of drug-likeness (QED) is 0.471. The van der Waals surface area contributed by atoms with Crippen molar-refractivity contribution in [1.29, 1.82) is 0 Å². The summed E-state index contributed by atoms with van der Waals surface area (Å²) in [6.45, 7) is 12.5. The predicted molar refractivity (Wildman–Crippen MR) is 74.4 cm³/mol. The lowest BCUT2D eigenvalue weighted by Crippen LogP contribution is -2.41. The lowest BCUT2D eigenvalue weighted by atomic mass is 9.98. The van der Waals surface area contributed by atoms with E-state index in [2.05, 4.69) is 29.5 Å².